The van der Waals surface area contributed by atoms with E-state index >= 15 is 0 Å². The van der Waals surface area contributed by atoms with Crippen molar-refractivity contribution in [2.75, 3.05) is 5.32 Å². The van der Waals surface area contributed by atoms with Gasteiger partial charge >= 0.3 is 0 Å². The molecule has 1 aromatic carbocycles. The number of rotatable bonds is 2. The molecule has 3 aromatic rings. The van der Waals surface area contributed by atoms with Crippen LogP contribution >= 0.6 is 27.5 Å². The van der Waals surface area contributed by atoms with Gasteiger partial charge in [-0.25, -0.2) is 0 Å². The summed E-state index contributed by atoms with van der Waals surface area (Å²) in [5, 5.41) is 7.93. The van der Waals surface area contributed by atoms with E-state index in [1.807, 2.05) is 32.0 Å². The van der Waals surface area contributed by atoms with E-state index in [1.165, 1.54) is 6.33 Å². The lowest BCUT2D eigenvalue weighted by atomic mass is 10.2. The highest BCUT2D eigenvalue weighted by Gasteiger charge is 2.13. The second-order valence-electron chi connectivity index (χ2n) is 4.41. The largest absolute Gasteiger partial charge is 0.339 e. The third kappa shape index (κ3) is 2.14. The quantitative estimate of drug-likeness (QED) is 0.711. The van der Waals surface area contributed by atoms with Gasteiger partial charge in [-0.05, 0) is 41.4 Å². The highest BCUT2D eigenvalue weighted by molar-refractivity contribution is 9.10. The molecule has 2 heterocycles. The number of benzene rings is 1. The molecule has 0 bridgehead atoms. The molecule has 3 rings (SSSR count). The number of nitrogens with zero attached hydrogens (tertiary/aromatic N) is 4. The Hall–Kier alpha value is -1.66. The van der Waals surface area contributed by atoms with Gasteiger partial charge in [-0.15, -0.1) is 0 Å². The Kier molecular flexibility index (Phi) is 3.35. The van der Waals surface area contributed by atoms with Crippen LogP contribution in [0.5, 0.6) is 0 Å². The van der Waals surface area contributed by atoms with Crippen molar-refractivity contribution in [2.45, 2.75) is 13.8 Å². The number of hydrogen-bond donors (Lipinski definition) is 1. The van der Waals surface area contributed by atoms with E-state index in [-0.39, 0.29) is 0 Å². The maximum absolute atomic E-state index is 6.14. The van der Waals surface area contributed by atoms with Crippen LogP contribution in [0.3, 0.4) is 0 Å². The highest BCUT2D eigenvalue weighted by atomic mass is 79.9. The molecule has 0 aliphatic carbocycles. The minimum absolute atomic E-state index is 0.414. The van der Waals surface area contributed by atoms with Crippen molar-refractivity contribution in [2.24, 2.45) is 0 Å². The van der Waals surface area contributed by atoms with Crippen molar-refractivity contribution >= 4 is 44.8 Å². The molecule has 0 atom stereocenters. The molecule has 0 spiro atoms. The van der Waals surface area contributed by atoms with Crippen LogP contribution in [0.2, 0.25) is 5.15 Å². The fourth-order valence-corrected chi connectivity index (χ4v) is 2.44. The molecule has 0 saturated carbocycles. The van der Waals surface area contributed by atoms with Crippen LogP contribution in [0.15, 0.2) is 29.0 Å². The van der Waals surface area contributed by atoms with E-state index in [1.54, 1.807) is 4.52 Å². The van der Waals surface area contributed by atoms with Gasteiger partial charge in [0.15, 0.2) is 0 Å². The minimum Gasteiger partial charge on any atom is -0.339 e. The number of aryl methyl sites for hydroxylation is 1. The van der Waals surface area contributed by atoms with Gasteiger partial charge in [0, 0.05) is 10.0 Å². The van der Waals surface area contributed by atoms with Crippen molar-refractivity contribution in [3.05, 3.63) is 45.3 Å². The Bertz CT molecular complexity index is 799. The molecule has 7 heteroatoms. The maximum atomic E-state index is 6.14. The molecule has 102 valence electrons. The predicted molar refractivity (Wildman–Crippen MR) is 82.7 cm³/mol. The summed E-state index contributed by atoms with van der Waals surface area (Å²) in [5.41, 5.74) is 2.90. The summed E-state index contributed by atoms with van der Waals surface area (Å²) in [4.78, 5) is 8.25. The summed E-state index contributed by atoms with van der Waals surface area (Å²) >= 11 is 9.72. The Morgan fingerprint density at radius 2 is 2.10 bits per heavy atom. The van der Waals surface area contributed by atoms with Crippen molar-refractivity contribution in [3.8, 4) is 0 Å². The van der Waals surface area contributed by atoms with Gasteiger partial charge in [-0.2, -0.15) is 19.6 Å². The van der Waals surface area contributed by atoms with Crippen molar-refractivity contribution in [3.63, 3.8) is 0 Å². The lowest BCUT2D eigenvalue weighted by Gasteiger charge is -2.13. The normalized spacial score (nSPS) is 11.0. The zero-order chi connectivity index (χ0) is 14.3. The summed E-state index contributed by atoms with van der Waals surface area (Å²) in [6.07, 6.45) is 1.45. The van der Waals surface area contributed by atoms with Crippen LogP contribution < -0.4 is 5.32 Å². The summed E-state index contributed by atoms with van der Waals surface area (Å²) in [5.74, 6) is 1.22. The lowest BCUT2D eigenvalue weighted by Crippen LogP contribution is -2.05. The van der Waals surface area contributed by atoms with Crippen LogP contribution in [0.4, 0.5) is 11.5 Å². The predicted octanol–water partition coefficient (Wildman–Crippen LogP) is 3.90. The first kappa shape index (κ1) is 13.3. The van der Waals surface area contributed by atoms with Gasteiger partial charge < -0.3 is 5.32 Å². The molecular weight excluding hydrogens is 342 g/mol. The SMILES string of the molecule is Cc1cccc(Nc2c(C)c(Cl)nc3ncnn23)c1Br. The van der Waals surface area contributed by atoms with Crippen LogP contribution in [0.25, 0.3) is 5.78 Å². The van der Waals surface area contributed by atoms with Crippen molar-refractivity contribution in [1.82, 2.24) is 19.6 Å². The van der Waals surface area contributed by atoms with Crippen LogP contribution in [0, 0.1) is 13.8 Å². The van der Waals surface area contributed by atoms with E-state index in [4.69, 9.17) is 11.6 Å². The monoisotopic (exact) mass is 351 g/mol. The second kappa shape index (κ2) is 5.03. The number of halogens is 2. The zero-order valence-electron chi connectivity index (χ0n) is 10.9. The first-order valence-corrected chi connectivity index (χ1v) is 7.13. The van der Waals surface area contributed by atoms with Crippen LogP contribution in [0.1, 0.15) is 11.1 Å². The molecule has 0 saturated heterocycles. The minimum atomic E-state index is 0.414. The topological polar surface area (TPSA) is 55.1 Å². The van der Waals surface area contributed by atoms with Crippen LogP contribution in [-0.2, 0) is 0 Å². The maximum Gasteiger partial charge on any atom is 0.255 e. The Balaban J connectivity index is 2.17. The van der Waals surface area contributed by atoms with Gasteiger partial charge in [0.2, 0.25) is 0 Å². The summed E-state index contributed by atoms with van der Waals surface area (Å²) in [6, 6.07) is 6.00. The number of nitrogens with one attached hydrogen (secondary N) is 1. The average molecular weight is 353 g/mol. The fourth-order valence-electron chi connectivity index (χ4n) is 1.92. The van der Waals surface area contributed by atoms with Gasteiger partial charge in [-0.1, -0.05) is 23.7 Å². The third-order valence-corrected chi connectivity index (χ3v) is 4.47. The molecule has 5 nitrogen and oxygen atoms in total. The van der Waals surface area contributed by atoms with E-state index in [0.717, 1.165) is 27.1 Å². The molecule has 0 amide bonds. The molecule has 1 N–H and O–H groups in total. The molecule has 0 aliphatic heterocycles. The van der Waals surface area contributed by atoms with E-state index in [9.17, 15) is 0 Å². The highest BCUT2D eigenvalue weighted by Crippen LogP contribution is 2.31. The van der Waals surface area contributed by atoms with E-state index in [2.05, 4.69) is 36.3 Å². The average Bonchev–Trinajstić information content (AvgIpc) is 2.87. The second-order valence-corrected chi connectivity index (χ2v) is 5.56. The van der Waals surface area contributed by atoms with Gasteiger partial charge in [0.25, 0.3) is 5.78 Å². The molecule has 0 aliphatic rings. The van der Waals surface area contributed by atoms with Gasteiger partial charge in [0.05, 0.1) is 5.69 Å². The molecule has 2 aromatic heterocycles. The summed E-state index contributed by atoms with van der Waals surface area (Å²) < 4.78 is 2.64. The molecular formula is C13H11BrClN5. The Morgan fingerprint density at radius 3 is 2.90 bits per heavy atom. The first-order chi connectivity index (χ1) is 9.58. The van der Waals surface area contributed by atoms with Gasteiger partial charge in [0.1, 0.15) is 17.3 Å². The molecule has 0 fully saturated rings. The zero-order valence-corrected chi connectivity index (χ0v) is 13.2. The number of aromatic nitrogens is 4. The fraction of sp³-hybridized carbons (Fsp3) is 0.154. The lowest BCUT2D eigenvalue weighted by molar-refractivity contribution is 0.936. The molecule has 0 radical (unpaired) electrons. The van der Waals surface area contributed by atoms with Crippen molar-refractivity contribution in [1.29, 1.82) is 0 Å². The number of anilines is 2. The standard InChI is InChI=1S/C13H11BrClN5/c1-7-4-3-5-9(10(7)14)18-12-8(2)11(15)19-13-16-6-17-20(12)13/h3-6,18H,1-2H3. The Labute approximate surface area is 129 Å². The molecule has 20 heavy (non-hydrogen) atoms. The van der Waals surface area contributed by atoms with Crippen LogP contribution in [-0.4, -0.2) is 19.6 Å². The summed E-state index contributed by atoms with van der Waals surface area (Å²) in [6.45, 7) is 3.93. The summed E-state index contributed by atoms with van der Waals surface area (Å²) in [7, 11) is 0. The van der Waals surface area contributed by atoms with E-state index in [0.29, 0.717) is 10.9 Å². The number of hydrogen-bond acceptors (Lipinski definition) is 4. The van der Waals surface area contributed by atoms with Gasteiger partial charge in [-0.3, -0.25) is 0 Å². The third-order valence-electron chi connectivity index (χ3n) is 3.05. The smallest absolute Gasteiger partial charge is 0.255 e. The Morgan fingerprint density at radius 1 is 1.30 bits per heavy atom. The first-order valence-electron chi connectivity index (χ1n) is 5.96. The molecule has 0 unspecified atom stereocenters. The van der Waals surface area contributed by atoms with Crippen molar-refractivity contribution < 1.29 is 0 Å². The number of fused-ring (bicyclic) bond motifs is 1. The van der Waals surface area contributed by atoms with E-state index < -0.39 is 0 Å².